The molecule has 2 aliphatic rings. The van der Waals surface area contributed by atoms with Crippen LogP contribution in [-0.4, -0.2) is 41.8 Å². The number of hydrogen-bond donors (Lipinski definition) is 2. The molecule has 0 radical (unpaired) electrons. The Balaban J connectivity index is 2.08. The van der Waals surface area contributed by atoms with Crippen molar-refractivity contribution in [2.75, 3.05) is 13.1 Å². The Kier molecular flexibility index (Phi) is 4.04. The molecule has 104 valence electrons. The molecule has 2 atom stereocenters. The van der Waals surface area contributed by atoms with E-state index in [0.29, 0.717) is 18.8 Å². The SMILES string of the molecule is C=C[C@H]1CN(C(=O)C(=N)C2=C(N)CCC2)C[C@@H](C)O1. The molecule has 1 fully saturated rings. The first-order valence-corrected chi connectivity index (χ1v) is 6.66. The first-order valence-electron chi connectivity index (χ1n) is 6.66. The van der Waals surface area contributed by atoms with E-state index in [4.69, 9.17) is 15.9 Å². The fraction of sp³-hybridized carbons (Fsp3) is 0.571. The number of carbonyl (C=O) groups is 1. The van der Waals surface area contributed by atoms with Gasteiger partial charge in [-0.2, -0.15) is 0 Å². The van der Waals surface area contributed by atoms with E-state index in [0.717, 1.165) is 24.8 Å². The number of allylic oxidation sites excluding steroid dienone is 1. The quantitative estimate of drug-likeness (QED) is 0.593. The van der Waals surface area contributed by atoms with Crippen LogP contribution in [0.15, 0.2) is 23.9 Å². The van der Waals surface area contributed by atoms with E-state index in [1.165, 1.54) is 0 Å². The van der Waals surface area contributed by atoms with Crippen molar-refractivity contribution in [3.63, 3.8) is 0 Å². The van der Waals surface area contributed by atoms with E-state index in [1.807, 2.05) is 6.92 Å². The van der Waals surface area contributed by atoms with Gasteiger partial charge in [-0.25, -0.2) is 0 Å². The predicted octanol–water partition coefficient (Wildman–Crippen LogP) is 1.20. The predicted molar refractivity (Wildman–Crippen MR) is 73.9 cm³/mol. The van der Waals surface area contributed by atoms with Crippen molar-refractivity contribution in [1.82, 2.24) is 4.90 Å². The maximum Gasteiger partial charge on any atom is 0.272 e. The molecule has 1 saturated heterocycles. The highest BCUT2D eigenvalue weighted by molar-refractivity contribution is 6.44. The molecule has 1 heterocycles. The van der Waals surface area contributed by atoms with Crippen molar-refractivity contribution in [1.29, 1.82) is 5.41 Å². The van der Waals surface area contributed by atoms with Crippen LogP contribution >= 0.6 is 0 Å². The van der Waals surface area contributed by atoms with Gasteiger partial charge in [-0.15, -0.1) is 6.58 Å². The van der Waals surface area contributed by atoms with Crippen molar-refractivity contribution in [3.05, 3.63) is 23.9 Å². The number of nitrogens with two attached hydrogens (primary N) is 1. The summed E-state index contributed by atoms with van der Waals surface area (Å²) >= 11 is 0. The Hall–Kier alpha value is -1.62. The van der Waals surface area contributed by atoms with Gasteiger partial charge in [0.2, 0.25) is 0 Å². The summed E-state index contributed by atoms with van der Waals surface area (Å²) in [6, 6.07) is 0. The van der Waals surface area contributed by atoms with Crippen LogP contribution in [0.5, 0.6) is 0 Å². The lowest BCUT2D eigenvalue weighted by Gasteiger charge is -2.35. The number of nitrogens with one attached hydrogen (secondary N) is 1. The summed E-state index contributed by atoms with van der Waals surface area (Å²) in [5.74, 6) is -0.248. The molecule has 19 heavy (non-hydrogen) atoms. The molecule has 2 rings (SSSR count). The van der Waals surface area contributed by atoms with Crippen LogP contribution < -0.4 is 5.73 Å². The fourth-order valence-electron chi connectivity index (χ4n) is 2.62. The molecule has 0 aromatic carbocycles. The molecular weight excluding hydrogens is 242 g/mol. The van der Waals surface area contributed by atoms with Gasteiger partial charge in [0.1, 0.15) is 5.71 Å². The number of rotatable bonds is 3. The van der Waals surface area contributed by atoms with Crippen LogP contribution in [0, 0.1) is 5.41 Å². The summed E-state index contributed by atoms with van der Waals surface area (Å²) in [4.78, 5) is 14.0. The first-order chi connectivity index (χ1) is 9.02. The Bertz CT molecular complexity index is 442. The Morgan fingerprint density at radius 3 is 2.84 bits per heavy atom. The molecule has 0 aromatic rings. The van der Waals surface area contributed by atoms with E-state index >= 15 is 0 Å². The Morgan fingerprint density at radius 2 is 2.26 bits per heavy atom. The van der Waals surface area contributed by atoms with E-state index in [2.05, 4.69) is 6.58 Å². The van der Waals surface area contributed by atoms with Gasteiger partial charge in [0, 0.05) is 17.8 Å². The normalized spacial score (nSPS) is 27.5. The highest BCUT2D eigenvalue weighted by Gasteiger charge is 2.31. The maximum atomic E-state index is 12.4. The minimum atomic E-state index is -0.248. The van der Waals surface area contributed by atoms with E-state index in [9.17, 15) is 4.79 Å². The second-order valence-corrected chi connectivity index (χ2v) is 5.16. The number of hydrogen-bond acceptors (Lipinski definition) is 4. The van der Waals surface area contributed by atoms with Crippen LogP contribution in [0.3, 0.4) is 0 Å². The standard InChI is InChI=1S/C14H21N3O2/c1-3-10-8-17(7-9(2)19-10)14(18)13(16)11-5-4-6-12(11)15/h3,9-10,16H,1,4-8,15H2,2H3/t9-,10+/m1/s1. The van der Waals surface area contributed by atoms with Gasteiger partial charge in [-0.1, -0.05) is 6.08 Å². The smallest absolute Gasteiger partial charge is 0.272 e. The Labute approximate surface area is 113 Å². The van der Waals surface area contributed by atoms with Gasteiger partial charge in [-0.05, 0) is 26.2 Å². The molecule has 0 aromatic heterocycles. The molecule has 1 aliphatic heterocycles. The molecule has 1 amide bonds. The number of nitrogens with zero attached hydrogens (tertiary/aromatic N) is 1. The molecule has 3 N–H and O–H groups in total. The average Bonchev–Trinajstić information content (AvgIpc) is 2.82. The summed E-state index contributed by atoms with van der Waals surface area (Å²) in [5.41, 5.74) is 7.32. The topological polar surface area (TPSA) is 79.4 Å². The van der Waals surface area contributed by atoms with Crippen molar-refractivity contribution >= 4 is 11.6 Å². The summed E-state index contributed by atoms with van der Waals surface area (Å²) in [6.45, 7) is 6.59. The summed E-state index contributed by atoms with van der Waals surface area (Å²) in [7, 11) is 0. The van der Waals surface area contributed by atoms with E-state index < -0.39 is 0 Å². The van der Waals surface area contributed by atoms with Gasteiger partial charge >= 0.3 is 0 Å². The highest BCUT2D eigenvalue weighted by atomic mass is 16.5. The van der Waals surface area contributed by atoms with Crippen molar-refractivity contribution in [3.8, 4) is 0 Å². The minimum absolute atomic E-state index is 0.0385. The first kappa shape index (κ1) is 13.8. The number of amides is 1. The second kappa shape index (κ2) is 5.57. The average molecular weight is 263 g/mol. The van der Waals surface area contributed by atoms with Gasteiger partial charge in [0.15, 0.2) is 0 Å². The van der Waals surface area contributed by atoms with Gasteiger partial charge in [-0.3, -0.25) is 10.2 Å². The molecular formula is C14H21N3O2. The third-order valence-electron chi connectivity index (χ3n) is 3.61. The lowest BCUT2D eigenvalue weighted by molar-refractivity contribution is -0.134. The zero-order valence-electron chi connectivity index (χ0n) is 11.3. The number of morpholine rings is 1. The van der Waals surface area contributed by atoms with Gasteiger partial charge < -0.3 is 15.4 Å². The van der Waals surface area contributed by atoms with Crippen LogP contribution in [0.25, 0.3) is 0 Å². The van der Waals surface area contributed by atoms with Crippen molar-refractivity contribution in [2.45, 2.75) is 38.4 Å². The van der Waals surface area contributed by atoms with Crippen LogP contribution in [0.4, 0.5) is 0 Å². The lowest BCUT2D eigenvalue weighted by atomic mass is 10.1. The fourth-order valence-corrected chi connectivity index (χ4v) is 2.62. The van der Waals surface area contributed by atoms with Crippen LogP contribution in [-0.2, 0) is 9.53 Å². The number of carbonyl (C=O) groups excluding carboxylic acids is 1. The molecule has 0 unspecified atom stereocenters. The zero-order chi connectivity index (χ0) is 14.0. The highest BCUT2D eigenvalue weighted by Crippen LogP contribution is 2.24. The monoisotopic (exact) mass is 263 g/mol. The summed E-state index contributed by atoms with van der Waals surface area (Å²) < 4.78 is 5.62. The van der Waals surface area contributed by atoms with Crippen LogP contribution in [0.1, 0.15) is 26.2 Å². The van der Waals surface area contributed by atoms with Crippen molar-refractivity contribution in [2.24, 2.45) is 5.73 Å². The zero-order valence-corrected chi connectivity index (χ0v) is 11.3. The van der Waals surface area contributed by atoms with Crippen molar-refractivity contribution < 1.29 is 9.53 Å². The third-order valence-corrected chi connectivity index (χ3v) is 3.61. The molecule has 5 nitrogen and oxygen atoms in total. The van der Waals surface area contributed by atoms with Crippen LogP contribution in [0.2, 0.25) is 0 Å². The summed E-state index contributed by atoms with van der Waals surface area (Å²) in [5, 5.41) is 8.05. The largest absolute Gasteiger partial charge is 0.402 e. The van der Waals surface area contributed by atoms with Gasteiger partial charge in [0.25, 0.3) is 5.91 Å². The third kappa shape index (κ3) is 2.87. The van der Waals surface area contributed by atoms with E-state index in [-0.39, 0.29) is 23.8 Å². The van der Waals surface area contributed by atoms with Gasteiger partial charge in [0.05, 0.1) is 18.8 Å². The Morgan fingerprint density at radius 1 is 1.53 bits per heavy atom. The molecule has 1 aliphatic carbocycles. The number of ether oxygens (including phenoxy) is 1. The second-order valence-electron chi connectivity index (χ2n) is 5.16. The summed E-state index contributed by atoms with van der Waals surface area (Å²) in [6.07, 6.45) is 3.97. The molecule has 5 heteroatoms. The lowest BCUT2D eigenvalue weighted by Crippen LogP contribution is -2.50. The maximum absolute atomic E-state index is 12.4. The molecule has 0 spiro atoms. The molecule has 0 saturated carbocycles. The van der Waals surface area contributed by atoms with E-state index in [1.54, 1.807) is 11.0 Å². The minimum Gasteiger partial charge on any atom is -0.402 e. The molecule has 0 bridgehead atoms.